The average Bonchev–Trinajstić information content (AvgIpc) is 3.38. The first-order valence-corrected chi connectivity index (χ1v) is 12.0. The number of hydrogen-bond donors (Lipinski definition) is 1. The highest BCUT2D eigenvalue weighted by molar-refractivity contribution is 5.87. The summed E-state index contributed by atoms with van der Waals surface area (Å²) in [6, 6.07) is 0.0176. The fraction of sp³-hybridized carbons (Fsp3) is 0.731. The monoisotopic (exact) mass is 447 g/mol. The normalized spacial score (nSPS) is 39.0. The van der Waals surface area contributed by atoms with Crippen molar-refractivity contribution in [3.05, 3.63) is 36.0 Å². The molecule has 0 aromatic heterocycles. The van der Waals surface area contributed by atoms with E-state index in [0.29, 0.717) is 12.0 Å². The maximum absolute atomic E-state index is 12.2. The maximum Gasteiger partial charge on any atom is 0.244 e. The summed E-state index contributed by atoms with van der Waals surface area (Å²) in [5.41, 5.74) is 1.28. The summed E-state index contributed by atoms with van der Waals surface area (Å²) in [7, 11) is 1.63. The zero-order chi connectivity index (χ0) is 23.3. The van der Waals surface area contributed by atoms with Crippen LogP contribution >= 0.6 is 0 Å². The summed E-state index contributed by atoms with van der Waals surface area (Å²) in [6.45, 7) is 11.2. The Hall–Kier alpha value is -1.47. The topological polar surface area (TPSA) is 69.3 Å². The Kier molecular flexibility index (Phi) is 8.73. The molecule has 3 fully saturated rings. The second-order valence-corrected chi connectivity index (χ2v) is 9.74. The van der Waals surface area contributed by atoms with E-state index < -0.39 is 0 Å². The molecule has 1 amide bonds. The first-order valence-electron chi connectivity index (χ1n) is 12.0. The van der Waals surface area contributed by atoms with E-state index in [1.54, 1.807) is 19.3 Å². The smallest absolute Gasteiger partial charge is 0.244 e. The maximum atomic E-state index is 12.2. The van der Waals surface area contributed by atoms with E-state index in [2.05, 4.69) is 44.3 Å². The molecule has 32 heavy (non-hydrogen) atoms. The highest BCUT2D eigenvalue weighted by Gasteiger charge is 2.55. The Morgan fingerprint density at radius 3 is 2.72 bits per heavy atom. The summed E-state index contributed by atoms with van der Waals surface area (Å²) < 4.78 is 23.1. The zero-order valence-corrected chi connectivity index (χ0v) is 20.5. The van der Waals surface area contributed by atoms with E-state index in [4.69, 9.17) is 18.9 Å². The molecule has 3 aliphatic heterocycles. The molecule has 0 aromatic rings. The van der Waals surface area contributed by atoms with Crippen molar-refractivity contribution in [1.29, 1.82) is 0 Å². The standard InChI is InChI=1S/C26H41NO5/c1-17(7-10-22-16-26(13-14-30-22)21(5)32-26)8-11-24-18(2)15-23(20(4)31-24)27-25(28)12-9-19(3)29-6/h7-10,12,18-24H,11,13-16H2,1-6H3,(H,27,28)/b10-7+,12-9-,17-8+. The molecule has 6 heteroatoms. The number of hydrogen-bond acceptors (Lipinski definition) is 5. The fourth-order valence-corrected chi connectivity index (χ4v) is 4.68. The highest BCUT2D eigenvalue weighted by Crippen LogP contribution is 2.46. The van der Waals surface area contributed by atoms with Gasteiger partial charge in [-0.2, -0.15) is 0 Å². The van der Waals surface area contributed by atoms with Crippen molar-refractivity contribution in [2.24, 2.45) is 5.92 Å². The van der Waals surface area contributed by atoms with Crippen LogP contribution in [0.3, 0.4) is 0 Å². The lowest BCUT2D eigenvalue weighted by Gasteiger charge is -2.39. The van der Waals surface area contributed by atoms with Crippen LogP contribution in [0.5, 0.6) is 0 Å². The minimum Gasteiger partial charge on any atom is -0.378 e. The third-order valence-electron chi connectivity index (χ3n) is 7.18. The van der Waals surface area contributed by atoms with Crippen molar-refractivity contribution in [2.45, 2.75) is 102 Å². The van der Waals surface area contributed by atoms with Crippen molar-refractivity contribution in [3.63, 3.8) is 0 Å². The summed E-state index contributed by atoms with van der Waals surface area (Å²) in [5, 5.41) is 3.08. The molecule has 1 N–H and O–H groups in total. The first-order chi connectivity index (χ1) is 15.2. The molecule has 3 rings (SSSR count). The van der Waals surface area contributed by atoms with Gasteiger partial charge in [0.1, 0.15) is 0 Å². The molecule has 3 aliphatic rings. The third kappa shape index (κ3) is 6.77. The summed E-state index contributed by atoms with van der Waals surface area (Å²) in [4.78, 5) is 12.2. The van der Waals surface area contributed by atoms with Gasteiger partial charge in [-0.05, 0) is 46.5 Å². The van der Waals surface area contributed by atoms with Crippen LogP contribution < -0.4 is 5.32 Å². The van der Waals surface area contributed by atoms with Crippen molar-refractivity contribution in [2.75, 3.05) is 13.7 Å². The molecule has 6 nitrogen and oxygen atoms in total. The van der Waals surface area contributed by atoms with Crippen molar-refractivity contribution < 1.29 is 23.7 Å². The van der Waals surface area contributed by atoms with Crippen LogP contribution in [0.1, 0.15) is 60.3 Å². The van der Waals surface area contributed by atoms with Crippen LogP contribution in [-0.2, 0) is 23.7 Å². The van der Waals surface area contributed by atoms with Crippen LogP contribution in [-0.4, -0.2) is 61.8 Å². The Labute approximate surface area is 193 Å². The fourth-order valence-electron chi connectivity index (χ4n) is 4.68. The van der Waals surface area contributed by atoms with Crippen LogP contribution in [0.2, 0.25) is 0 Å². The van der Waals surface area contributed by atoms with Gasteiger partial charge in [-0.25, -0.2) is 0 Å². The Bertz CT molecular complexity index is 732. The predicted octanol–water partition coefficient (Wildman–Crippen LogP) is 4.10. The van der Waals surface area contributed by atoms with Gasteiger partial charge in [0.25, 0.3) is 0 Å². The number of amides is 1. The molecule has 0 saturated carbocycles. The van der Waals surface area contributed by atoms with Gasteiger partial charge in [0.15, 0.2) is 0 Å². The molecule has 1 spiro atoms. The van der Waals surface area contributed by atoms with Gasteiger partial charge in [-0.1, -0.05) is 36.8 Å². The SMILES string of the molecule is COC(C)/C=C\C(=O)NC1CC(C)C(C/C=C(C)/C=C/C2CC3(CCO2)OC3C)OC1C. The number of allylic oxidation sites excluding steroid dienone is 2. The van der Waals surface area contributed by atoms with Crippen molar-refractivity contribution in [1.82, 2.24) is 5.32 Å². The van der Waals surface area contributed by atoms with Gasteiger partial charge in [-0.15, -0.1) is 0 Å². The number of methoxy groups -OCH3 is 1. The quantitative estimate of drug-likeness (QED) is 0.345. The lowest BCUT2D eigenvalue weighted by atomic mass is 9.88. The number of carbonyl (C=O) groups is 1. The second-order valence-electron chi connectivity index (χ2n) is 9.74. The Balaban J connectivity index is 1.45. The van der Waals surface area contributed by atoms with Gasteiger partial charge in [0.05, 0.1) is 48.8 Å². The number of ether oxygens (including phenoxy) is 4. The van der Waals surface area contributed by atoms with Gasteiger partial charge in [0.2, 0.25) is 5.91 Å². The lowest BCUT2D eigenvalue weighted by Crippen LogP contribution is -2.50. The van der Waals surface area contributed by atoms with Crippen LogP contribution in [0.15, 0.2) is 36.0 Å². The van der Waals surface area contributed by atoms with Gasteiger partial charge in [0, 0.05) is 26.0 Å². The van der Waals surface area contributed by atoms with Crippen LogP contribution in [0.25, 0.3) is 0 Å². The largest absolute Gasteiger partial charge is 0.378 e. The predicted molar refractivity (Wildman–Crippen MR) is 125 cm³/mol. The van der Waals surface area contributed by atoms with Gasteiger partial charge < -0.3 is 24.3 Å². The molecule has 0 aliphatic carbocycles. The lowest BCUT2D eigenvalue weighted by molar-refractivity contribution is -0.123. The third-order valence-corrected chi connectivity index (χ3v) is 7.18. The number of epoxide rings is 1. The Morgan fingerprint density at radius 1 is 1.28 bits per heavy atom. The molecule has 8 atom stereocenters. The molecule has 180 valence electrons. The zero-order valence-electron chi connectivity index (χ0n) is 20.5. The van der Waals surface area contributed by atoms with E-state index in [-0.39, 0.29) is 42.0 Å². The van der Waals surface area contributed by atoms with Crippen molar-refractivity contribution >= 4 is 5.91 Å². The van der Waals surface area contributed by atoms with Gasteiger partial charge in [-0.3, -0.25) is 4.79 Å². The molecule has 8 unspecified atom stereocenters. The second kappa shape index (κ2) is 11.1. The minimum absolute atomic E-state index is 0.0176. The first kappa shape index (κ1) is 25.2. The molecule has 0 aromatic carbocycles. The van der Waals surface area contributed by atoms with E-state index in [9.17, 15) is 4.79 Å². The van der Waals surface area contributed by atoms with Gasteiger partial charge >= 0.3 is 0 Å². The average molecular weight is 448 g/mol. The van der Waals surface area contributed by atoms with E-state index in [0.717, 1.165) is 32.3 Å². The number of nitrogens with one attached hydrogen (secondary N) is 1. The van der Waals surface area contributed by atoms with Crippen LogP contribution in [0, 0.1) is 5.92 Å². The van der Waals surface area contributed by atoms with E-state index in [1.165, 1.54) is 5.57 Å². The number of carbonyl (C=O) groups excluding carboxylic acids is 1. The Morgan fingerprint density at radius 2 is 2.03 bits per heavy atom. The van der Waals surface area contributed by atoms with Crippen molar-refractivity contribution in [3.8, 4) is 0 Å². The van der Waals surface area contributed by atoms with Crippen LogP contribution in [0.4, 0.5) is 0 Å². The van der Waals surface area contributed by atoms with E-state index in [1.807, 2.05) is 13.8 Å². The molecule has 3 heterocycles. The minimum atomic E-state index is -0.0985. The molecule has 0 radical (unpaired) electrons. The number of rotatable bonds is 8. The summed E-state index contributed by atoms with van der Waals surface area (Å²) in [6.07, 6.45) is 14.1. The highest BCUT2D eigenvalue weighted by atomic mass is 16.6. The molecule has 3 saturated heterocycles. The summed E-state index contributed by atoms with van der Waals surface area (Å²) in [5.74, 6) is 0.264. The summed E-state index contributed by atoms with van der Waals surface area (Å²) >= 11 is 0. The molecular weight excluding hydrogens is 406 g/mol. The molecule has 0 bridgehead atoms. The molecular formula is C26H41NO5. The van der Waals surface area contributed by atoms with E-state index >= 15 is 0 Å².